The summed E-state index contributed by atoms with van der Waals surface area (Å²) in [5.74, 6) is 1.81. The first kappa shape index (κ1) is 12.0. The largest absolute Gasteiger partial charge is 0.493 e. The average molecular weight is 274 g/mol. The Morgan fingerprint density at radius 3 is 2.89 bits per heavy atom. The number of alkyl halides is 1. The van der Waals surface area contributed by atoms with Crippen molar-refractivity contribution < 1.29 is 4.74 Å². The van der Waals surface area contributed by atoms with Crippen molar-refractivity contribution in [1.82, 2.24) is 14.8 Å². The van der Waals surface area contributed by atoms with Crippen LogP contribution in [0.25, 0.3) is 16.7 Å². The quantitative estimate of drug-likeness (QED) is 0.688. The van der Waals surface area contributed by atoms with E-state index in [2.05, 4.69) is 10.1 Å². The van der Waals surface area contributed by atoms with Gasteiger partial charge in [0.1, 0.15) is 0 Å². The lowest BCUT2D eigenvalue weighted by molar-refractivity contribution is 0.414. The van der Waals surface area contributed by atoms with Crippen LogP contribution >= 0.6 is 11.6 Å². The summed E-state index contributed by atoms with van der Waals surface area (Å²) in [4.78, 5) is 4.62. The minimum absolute atomic E-state index is 0.384. The van der Waals surface area contributed by atoms with Gasteiger partial charge in [-0.1, -0.05) is 18.2 Å². The molecule has 0 N–H and O–H groups in total. The summed E-state index contributed by atoms with van der Waals surface area (Å²) in [5, 5.41) is 5.31. The lowest BCUT2D eigenvalue weighted by atomic mass is 10.1. The number of nitrogens with zero attached hydrogens (tertiary/aromatic N) is 3. The maximum Gasteiger partial charge on any atom is 0.158 e. The van der Waals surface area contributed by atoms with Crippen LogP contribution in [0, 0.1) is 0 Å². The monoisotopic (exact) mass is 273 g/mol. The van der Waals surface area contributed by atoms with Crippen molar-refractivity contribution in [3.63, 3.8) is 0 Å². The molecule has 3 aromatic rings. The predicted molar refractivity (Wildman–Crippen MR) is 75.0 cm³/mol. The highest BCUT2D eigenvalue weighted by molar-refractivity contribution is 6.17. The highest BCUT2D eigenvalue weighted by atomic mass is 35.5. The zero-order chi connectivity index (χ0) is 13.2. The number of methoxy groups -OCH3 is 1. The fraction of sp³-hybridized carbons (Fsp3) is 0.143. The van der Waals surface area contributed by atoms with Gasteiger partial charge < -0.3 is 4.74 Å². The van der Waals surface area contributed by atoms with E-state index < -0.39 is 0 Å². The van der Waals surface area contributed by atoms with Gasteiger partial charge >= 0.3 is 0 Å². The number of para-hydroxylation sites is 1. The molecule has 19 heavy (non-hydrogen) atoms. The minimum atomic E-state index is 0.384. The summed E-state index contributed by atoms with van der Waals surface area (Å²) in [6, 6.07) is 9.98. The van der Waals surface area contributed by atoms with Crippen LogP contribution in [0.5, 0.6) is 5.75 Å². The van der Waals surface area contributed by atoms with Gasteiger partial charge in [-0.2, -0.15) is 5.10 Å². The molecule has 2 aromatic heterocycles. The van der Waals surface area contributed by atoms with Crippen LogP contribution in [0.3, 0.4) is 0 Å². The van der Waals surface area contributed by atoms with Gasteiger partial charge in [-0.3, -0.25) is 0 Å². The number of benzene rings is 1. The number of ether oxygens (including phenoxy) is 1. The molecule has 0 radical (unpaired) electrons. The van der Waals surface area contributed by atoms with Gasteiger partial charge in [-0.25, -0.2) is 9.67 Å². The molecule has 0 aliphatic carbocycles. The van der Waals surface area contributed by atoms with E-state index >= 15 is 0 Å². The highest BCUT2D eigenvalue weighted by Crippen LogP contribution is 2.22. The number of rotatable bonds is 3. The average Bonchev–Trinajstić information content (AvgIpc) is 2.94. The number of hydrogen-bond acceptors (Lipinski definition) is 3. The summed E-state index contributed by atoms with van der Waals surface area (Å²) in [6.07, 6.45) is 3.43. The third kappa shape index (κ3) is 2.15. The Hall–Kier alpha value is -2.07. The van der Waals surface area contributed by atoms with Crippen molar-refractivity contribution >= 4 is 22.5 Å². The molecule has 0 bridgehead atoms. The van der Waals surface area contributed by atoms with E-state index in [-0.39, 0.29) is 0 Å². The Bertz CT molecular complexity index is 724. The molecule has 0 aliphatic rings. The second-order valence-corrected chi connectivity index (χ2v) is 4.39. The van der Waals surface area contributed by atoms with E-state index in [9.17, 15) is 0 Å². The summed E-state index contributed by atoms with van der Waals surface area (Å²) < 4.78 is 6.82. The lowest BCUT2D eigenvalue weighted by Crippen LogP contribution is -2.02. The Morgan fingerprint density at radius 2 is 2.16 bits per heavy atom. The van der Waals surface area contributed by atoms with Crippen LogP contribution in [-0.4, -0.2) is 21.9 Å². The third-order valence-corrected chi connectivity index (χ3v) is 3.22. The fourth-order valence-corrected chi connectivity index (χ4v) is 2.17. The third-order valence-electron chi connectivity index (χ3n) is 2.94. The predicted octanol–water partition coefficient (Wildman–Crippen LogP) is 3.17. The Balaban J connectivity index is 2.20. The molecule has 0 spiro atoms. The van der Waals surface area contributed by atoms with Gasteiger partial charge in [-0.05, 0) is 12.1 Å². The zero-order valence-electron chi connectivity index (χ0n) is 10.4. The SMILES string of the molecule is COc1cnn(-c2nc3ccccc3cc2CCl)c1. The maximum absolute atomic E-state index is 6.01. The van der Waals surface area contributed by atoms with Crippen LogP contribution in [-0.2, 0) is 5.88 Å². The van der Waals surface area contributed by atoms with Gasteiger partial charge in [0.2, 0.25) is 0 Å². The van der Waals surface area contributed by atoms with Crippen molar-refractivity contribution in [1.29, 1.82) is 0 Å². The standard InChI is InChI=1S/C14H12ClN3O/c1-19-12-8-16-18(9-12)14-11(7-15)6-10-4-2-3-5-13(10)17-14/h2-6,8-9H,7H2,1H3. The van der Waals surface area contributed by atoms with Gasteiger partial charge in [0.15, 0.2) is 11.6 Å². The molecule has 0 saturated heterocycles. The number of halogens is 1. The van der Waals surface area contributed by atoms with Crippen molar-refractivity contribution in [2.45, 2.75) is 5.88 Å². The molecule has 1 aromatic carbocycles. The maximum atomic E-state index is 6.01. The molecule has 0 amide bonds. The van der Waals surface area contributed by atoms with Crippen molar-refractivity contribution in [2.24, 2.45) is 0 Å². The van der Waals surface area contributed by atoms with E-state index in [1.165, 1.54) is 0 Å². The van der Waals surface area contributed by atoms with Crippen LogP contribution in [0.2, 0.25) is 0 Å². The number of pyridine rings is 1. The van der Waals surface area contributed by atoms with Gasteiger partial charge in [0.25, 0.3) is 0 Å². The molecule has 2 heterocycles. The van der Waals surface area contributed by atoms with Crippen molar-refractivity contribution in [3.05, 3.63) is 48.3 Å². The van der Waals surface area contributed by atoms with Gasteiger partial charge in [0, 0.05) is 10.9 Å². The highest BCUT2D eigenvalue weighted by Gasteiger charge is 2.09. The molecule has 4 nitrogen and oxygen atoms in total. The lowest BCUT2D eigenvalue weighted by Gasteiger charge is -2.08. The second-order valence-electron chi connectivity index (χ2n) is 4.12. The molecule has 0 atom stereocenters. The van der Waals surface area contributed by atoms with E-state index in [0.29, 0.717) is 11.6 Å². The molecule has 0 fully saturated rings. The van der Waals surface area contributed by atoms with Crippen molar-refractivity contribution in [2.75, 3.05) is 7.11 Å². The van der Waals surface area contributed by atoms with E-state index in [1.807, 2.05) is 30.3 Å². The number of fused-ring (bicyclic) bond motifs is 1. The summed E-state index contributed by atoms with van der Waals surface area (Å²) in [7, 11) is 1.61. The first-order valence-electron chi connectivity index (χ1n) is 5.85. The summed E-state index contributed by atoms with van der Waals surface area (Å²) in [5.41, 5.74) is 1.85. The van der Waals surface area contributed by atoms with Crippen molar-refractivity contribution in [3.8, 4) is 11.6 Å². The second kappa shape index (κ2) is 4.90. The first-order valence-corrected chi connectivity index (χ1v) is 6.39. The normalized spacial score (nSPS) is 10.8. The van der Waals surface area contributed by atoms with E-state index in [0.717, 1.165) is 22.3 Å². The first-order chi connectivity index (χ1) is 9.31. The van der Waals surface area contributed by atoms with Crippen LogP contribution < -0.4 is 4.74 Å². The van der Waals surface area contributed by atoms with Crippen LogP contribution in [0.15, 0.2) is 42.7 Å². The smallest absolute Gasteiger partial charge is 0.158 e. The Morgan fingerprint density at radius 1 is 1.32 bits per heavy atom. The molecular formula is C14H12ClN3O. The molecule has 0 aliphatic heterocycles. The Kier molecular flexibility index (Phi) is 3.09. The Labute approximate surface area is 115 Å². The topological polar surface area (TPSA) is 39.9 Å². The van der Waals surface area contributed by atoms with E-state index in [4.69, 9.17) is 16.3 Å². The van der Waals surface area contributed by atoms with Gasteiger partial charge in [-0.15, -0.1) is 11.6 Å². The summed E-state index contributed by atoms with van der Waals surface area (Å²) >= 11 is 6.01. The fourth-order valence-electron chi connectivity index (χ4n) is 1.97. The molecule has 3 rings (SSSR count). The van der Waals surface area contributed by atoms with E-state index in [1.54, 1.807) is 24.2 Å². The summed E-state index contributed by atoms with van der Waals surface area (Å²) in [6.45, 7) is 0. The minimum Gasteiger partial charge on any atom is -0.493 e. The number of hydrogen-bond donors (Lipinski definition) is 0. The van der Waals surface area contributed by atoms with Crippen LogP contribution in [0.4, 0.5) is 0 Å². The number of aromatic nitrogens is 3. The molecule has 0 saturated carbocycles. The van der Waals surface area contributed by atoms with Crippen LogP contribution in [0.1, 0.15) is 5.56 Å². The molecule has 0 unspecified atom stereocenters. The zero-order valence-corrected chi connectivity index (χ0v) is 11.1. The molecular weight excluding hydrogens is 262 g/mol. The van der Waals surface area contributed by atoms with Gasteiger partial charge in [0.05, 0.1) is 30.9 Å². The molecule has 96 valence electrons. The molecule has 5 heteroatoms.